The van der Waals surface area contributed by atoms with Crippen LogP contribution in [0, 0.1) is 0 Å². The molecule has 0 N–H and O–H groups in total. The third-order valence-corrected chi connectivity index (χ3v) is 2.72. The molecule has 3 nitrogen and oxygen atoms in total. The van der Waals surface area contributed by atoms with E-state index in [0.717, 1.165) is 31.7 Å². The van der Waals surface area contributed by atoms with Crippen LogP contribution in [0.15, 0.2) is 12.5 Å². The Balaban J connectivity index is 2.81. The van der Waals surface area contributed by atoms with Gasteiger partial charge in [-0.15, -0.1) is 0 Å². The van der Waals surface area contributed by atoms with Gasteiger partial charge in [-0.05, 0) is 19.3 Å². The number of unbranched alkanes of at least 4 members (excludes halogenated alkanes) is 1. The third kappa shape index (κ3) is 3.47. The van der Waals surface area contributed by atoms with E-state index in [1.54, 1.807) is 6.33 Å². The average molecular weight is 221 g/mol. The summed E-state index contributed by atoms with van der Waals surface area (Å²) in [6, 6.07) is 0. The second kappa shape index (κ2) is 7.20. The number of anilines is 1. The van der Waals surface area contributed by atoms with Gasteiger partial charge in [0.2, 0.25) is 0 Å². The molecule has 0 spiro atoms. The molecule has 0 saturated carbocycles. The standard InChI is InChI=1S/C13H23N3/c1-4-7-9-16(8-5-2)13-12(6-3)10-14-11-15-13/h10-11H,4-9H2,1-3H3. The van der Waals surface area contributed by atoms with Crippen LogP contribution in [0.4, 0.5) is 5.82 Å². The molecule has 0 bridgehead atoms. The summed E-state index contributed by atoms with van der Waals surface area (Å²) in [7, 11) is 0. The average Bonchev–Trinajstić information content (AvgIpc) is 2.34. The molecule has 0 radical (unpaired) electrons. The Morgan fingerprint density at radius 2 is 1.94 bits per heavy atom. The molecule has 1 heterocycles. The Hall–Kier alpha value is -1.12. The zero-order chi connectivity index (χ0) is 11.8. The van der Waals surface area contributed by atoms with Crippen LogP contribution >= 0.6 is 0 Å². The zero-order valence-corrected chi connectivity index (χ0v) is 10.7. The molecule has 0 unspecified atom stereocenters. The minimum Gasteiger partial charge on any atom is -0.356 e. The van der Waals surface area contributed by atoms with Crippen molar-refractivity contribution in [3.8, 4) is 0 Å². The highest BCUT2D eigenvalue weighted by Crippen LogP contribution is 2.17. The Kier molecular flexibility index (Phi) is 5.83. The van der Waals surface area contributed by atoms with Gasteiger partial charge in [-0.2, -0.15) is 0 Å². The zero-order valence-electron chi connectivity index (χ0n) is 10.7. The van der Waals surface area contributed by atoms with Gasteiger partial charge >= 0.3 is 0 Å². The summed E-state index contributed by atoms with van der Waals surface area (Å²) in [5.74, 6) is 1.13. The number of nitrogens with zero attached hydrogens (tertiary/aromatic N) is 3. The van der Waals surface area contributed by atoms with E-state index in [1.165, 1.54) is 18.4 Å². The van der Waals surface area contributed by atoms with Crippen molar-refractivity contribution in [3.05, 3.63) is 18.1 Å². The lowest BCUT2D eigenvalue weighted by Gasteiger charge is -2.24. The lowest BCUT2D eigenvalue weighted by Crippen LogP contribution is -2.27. The van der Waals surface area contributed by atoms with Gasteiger partial charge in [0.15, 0.2) is 0 Å². The summed E-state index contributed by atoms with van der Waals surface area (Å²) in [4.78, 5) is 10.9. The summed E-state index contributed by atoms with van der Waals surface area (Å²) in [6.45, 7) is 8.79. The lowest BCUT2D eigenvalue weighted by atomic mass is 10.2. The fraction of sp³-hybridized carbons (Fsp3) is 0.692. The number of hydrogen-bond acceptors (Lipinski definition) is 3. The monoisotopic (exact) mass is 221 g/mol. The van der Waals surface area contributed by atoms with Gasteiger partial charge in [0, 0.05) is 24.8 Å². The van der Waals surface area contributed by atoms with E-state index < -0.39 is 0 Å². The Bertz CT molecular complexity index is 299. The maximum absolute atomic E-state index is 4.44. The van der Waals surface area contributed by atoms with Crippen LogP contribution in [0.3, 0.4) is 0 Å². The van der Waals surface area contributed by atoms with Crippen molar-refractivity contribution in [2.75, 3.05) is 18.0 Å². The molecule has 0 amide bonds. The first-order valence-corrected chi connectivity index (χ1v) is 6.37. The highest BCUT2D eigenvalue weighted by Gasteiger charge is 2.10. The van der Waals surface area contributed by atoms with Gasteiger partial charge in [0.05, 0.1) is 0 Å². The van der Waals surface area contributed by atoms with Gasteiger partial charge in [-0.25, -0.2) is 9.97 Å². The molecular weight excluding hydrogens is 198 g/mol. The maximum atomic E-state index is 4.44. The van der Waals surface area contributed by atoms with Crippen molar-refractivity contribution >= 4 is 5.82 Å². The number of rotatable bonds is 7. The van der Waals surface area contributed by atoms with Crippen molar-refractivity contribution in [2.45, 2.75) is 46.5 Å². The van der Waals surface area contributed by atoms with Crippen molar-refractivity contribution < 1.29 is 0 Å². The van der Waals surface area contributed by atoms with Gasteiger partial charge in [0.25, 0.3) is 0 Å². The maximum Gasteiger partial charge on any atom is 0.135 e. The largest absolute Gasteiger partial charge is 0.356 e. The summed E-state index contributed by atoms with van der Waals surface area (Å²) in [6.07, 6.45) is 8.22. The molecule has 90 valence electrons. The summed E-state index contributed by atoms with van der Waals surface area (Å²) in [5, 5.41) is 0. The van der Waals surface area contributed by atoms with E-state index in [4.69, 9.17) is 0 Å². The molecule has 1 rings (SSSR count). The number of hydrogen-bond donors (Lipinski definition) is 0. The molecule has 0 saturated heterocycles. The van der Waals surface area contributed by atoms with Crippen LogP contribution < -0.4 is 4.90 Å². The van der Waals surface area contributed by atoms with Crippen LogP contribution in [0.5, 0.6) is 0 Å². The molecular formula is C13H23N3. The predicted molar refractivity (Wildman–Crippen MR) is 68.8 cm³/mol. The molecule has 0 aromatic carbocycles. The molecule has 0 aliphatic carbocycles. The Labute approximate surface area is 98.9 Å². The Morgan fingerprint density at radius 1 is 1.12 bits per heavy atom. The van der Waals surface area contributed by atoms with E-state index in [2.05, 4.69) is 35.6 Å². The van der Waals surface area contributed by atoms with Crippen LogP contribution in [-0.2, 0) is 6.42 Å². The van der Waals surface area contributed by atoms with E-state index in [-0.39, 0.29) is 0 Å². The molecule has 0 aliphatic heterocycles. The van der Waals surface area contributed by atoms with Crippen molar-refractivity contribution in [1.29, 1.82) is 0 Å². The van der Waals surface area contributed by atoms with Crippen LogP contribution in [0.25, 0.3) is 0 Å². The Morgan fingerprint density at radius 3 is 2.56 bits per heavy atom. The first-order chi connectivity index (χ1) is 7.83. The van der Waals surface area contributed by atoms with Gasteiger partial charge in [-0.3, -0.25) is 0 Å². The fourth-order valence-electron chi connectivity index (χ4n) is 1.83. The lowest BCUT2D eigenvalue weighted by molar-refractivity contribution is 0.691. The van der Waals surface area contributed by atoms with Gasteiger partial charge in [-0.1, -0.05) is 27.2 Å². The highest BCUT2D eigenvalue weighted by atomic mass is 15.2. The molecule has 1 aromatic rings. The van der Waals surface area contributed by atoms with Crippen LogP contribution in [0.1, 0.15) is 45.6 Å². The second-order valence-corrected chi connectivity index (χ2v) is 4.07. The van der Waals surface area contributed by atoms with Gasteiger partial charge < -0.3 is 4.90 Å². The summed E-state index contributed by atoms with van der Waals surface area (Å²) >= 11 is 0. The van der Waals surface area contributed by atoms with Crippen LogP contribution in [-0.4, -0.2) is 23.1 Å². The molecule has 1 aromatic heterocycles. The van der Waals surface area contributed by atoms with Gasteiger partial charge in [0.1, 0.15) is 12.1 Å². The molecule has 16 heavy (non-hydrogen) atoms. The van der Waals surface area contributed by atoms with Crippen LogP contribution in [0.2, 0.25) is 0 Å². The minimum atomic E-state index is 1.00. The highest BCUT2D eigenvalue weighted by molar-refractivity contribution is 5.45. The fourth-order valence-corrected chi connectivity index (χ4v) is 1.83. The van der Waals surface area contributed by atoms with E-state index in [1.807, 2.05) is 6.20 Å². The SMILES string of the molecule is CCCCN(CCC)c1ncncc1CC. The first kappa shape index (κ1) is 12.9. The second-order valence-electron chi connectivity index (χ2n) is 4.07. The van der Waals surface area contributed by atoms with E-state index >= 15 is 0 Å². The van der Waals surface area contributed by atoms with Crippen molar-refractivity contribution in [3.63, 3.8) is 0 Å². The van der Waals surface area contributed by atoms with E-state index in [9.17, 15) is 0 Å². The van der Waals surface area contributed by atoms with Crippen molar-refractivity contribution in [1.82, 2.24) is 9.97 Å². The summed E-state index contributed by atoms with van der Waals surface area (Å²) in [5.41, 5.74) is 1.26. The normalized spacial score (nSPS) is 10.4. The quantitative estimate of drug-likeness (QED) is 0.708. The number of aromatic nitrogens is 2. The molecule has 0 aliphatic rings. The third-order valence-electron chi connectivity index (χ3n) is 2.72. The smallest absolute Gasteiger partial charge is 0.135 e. The first-order valence-electron chi connectivity index (χ1n) is 6.37. The topological polar surface area (TPSA) is 29.0 Å². The molecule has 0 atom stereocenters. The molecule has 3 heteroatoms. The predicted octanol–water partition coefficient (Wildman–Crippen LogP) is 3.06. The van der Waals surface area contributed by atoms with E-state index in [0.29, 0.717) is 0 Å². The molecule has 0 fully saturated rings. The number of aryl methyl sites for hydroxylation is 1. The van der Waals surface area contributed by atoms with Crippen molar-refractivity contribution in [2.24, 2.45) is 0 Å². The minimum absolute atomic E-state index is 1.00. The summed E-state index contributed by atoms with van der Waals surface area (Å²) < 4.78 is 0.